The molecule has 0 bridgehead atoms. The molecule has 31 heavy (non-hydrogen) atoms. The van der Waals surface area contributed by atoms with Crippen molar-refractivity contribution in [1.82, 2.24) is 14.1 Å². The predicted octanol–water partition coefficient (Wildman–Crippen LogP) is 5.12. The van der Waals surface area contributed by atoms with Gasteiger partial charge in [-0.2, -0.15) is 5.26 Å². The number of aromatic nitrogens is 3. The molecule has 0 spiro atoms. The van der Waals surface area contributed by atoms with Crippen LogP contribution in [0, 0.1) is 21.1 Å². The molecular weight excluding hydrogens is 455 g/mol. The highest BCUT2D eigenvalue weighted by atomic mass is 32.2. The van der Waals surface area contributed by atoms with Gasteiger partial charge in [0.2, 0.25) is 0 Å². The highest BCUT2D eigenvalue weighted by molar-refractivity contribution is 7.99. The first-order valence-electron chi connectivity index (χ1n) is 9.21. The molecule has 0 saturated carbocycles. The van der Waals surface area contributed by atoms with Gasteiger partial charge in [0, 0.05) is 0 Å². The van der Waals surface area contributed by atoms with Crippen molar-refractivity contribution >= 4 is 45.7 Å². The van der Waals surface area contributed by atoms with Crippen LogP contribution in [0.1, 0.15) is 6.92 Å². The fourth-order valence-electron chi connectivity index (χ4n) is 3.08. The number of fused-ring (bicyclic) bond motifs is 1. The number of hydrogen-bond acceptors (Lipinski definition) is 7. The monoisotopic (exact) mass is 470 g/mol. The Kier molecular flexibility index (Phi) is 6.18. The van der Waals surface area contributed by atoms with Crippen LogP contribution in [0.5, 0.6) is 5.75 Å². The maximum atomic E-state index is 13.5. The number of hydrogen-bond donors (Lipinski definition) is 0. The van der Waals surface area contributed by atoms with Gasteiger partial charge in [0.25, 0.3) is 5.56 Å². The maximum absolute atomic E-state index is 13.5. The smallest absolute Gasteiger partial charge is 0.278 e. The lowest BCUT2D eigenvalue weighted by atomic mass is 10.3. The molecule has 4 rings (SSSR count). The number of thiazole rings is 1. The number of para-hydroxylation sites is 2. The lowest BCUT2D eigenvalue weighted by Gasteiger charge is -2.13. The van der Waals surface area contributed by atoms with E-state index in [1.807, 2.05) is 31.2 Å². The van der Waals surface area contributed by atoms with Gasteiger partial charge in [-0.05, 0) is 55.5 Å². The molecule has 10 heteroatoms. The number of nitriles is 1. The summed E-state index contributed by atoms with van der Waals surface area (Å²) in [6.07, 6.45) is 0. The van der Waals surface area contributed by atoms with E-state index >= 15 is 0 Å². The average molecular weight is 471 g/mol. The van der Waals surface area contributed by atoms with Gasteiger partial charge in [-0.25, -0.2) is 9.37 Å². The van der Waals surface area contributed by atoms with E-state index in [4.69, 9.17) is 27.2 Å². The lowest BCUT2D eigenvalue weighted by Crippen LogP contribution is -2.21. The molecule has 6 nitrogen and oxygen atoms in total. The Bertz CT molecular complexity index is 1420. The van der Waals surface area contributed by atoms with Crippen LogP contribution in [0.4, 0.5) is 4.39 Å². The molecule has 0 atom stereocenters. The molecule has 0 fully saturated rings. The van der Waals surface area contributed by atoms with Gasteiger partial charge in [-0.1, -0.05) is 35.2 Å². The summed E-state index contributed by atoms with van der Waals surface area (Å²) < 4.78 is 23.1. The Morgan fingerprint density at radius 3 is 2.68 bits per heavy atom. The third-order valence-corrected chi connectivity index (χ3v) is 6.49. The number of ether oxygens (including phenoxy) is 1. The van der Waals surface area contributed by atoms with E-state index in [0.29, 0.717) is 43.2 Å². The largest absolute Gasteiger partial charge is 0.492 e. The first-order valence-corrected chi connectivity index (χ1v) is 11.4. The number of rotatable bonds is 6. The standard InChI is InChI=1S/C21H15FN4O2S3/c1-2-28-16-6-4-3-5-15(16)26-18-17(31-21(26)29)19(27)25(20(24-18)30-12-11-23)14-9-7-13(22)8-10-14/h3-10H,2,12H2,1H3. The molecule has 0 aliphatic carbocycles. The van der Waals surface area contributed by atoms with E-state index in [2.05, 4.69) is 6.07 Å². The summed E-state index contributed by atoms with van der Waals surface area (Å²) in [7, 11) is 0. The summed E-state index contributed by atoms with van der Waals surface area (Å²) in [6.45, 7) is 2.36. The number of nitrogens with zero attached hydrogens (tertiary/aromatic N) is 4. The minimum atomic E-state index is -0.411. The number of benzene rings is 2. The van der Waals surface area contributed by atoms with Crippen LogP contribution in [-0.2, 0) is 0 Å². The first-order chi connectivity index (χ1) is 15.0. The van der Waals surface area contributed by atoms with E-state index < -0.39 is 5.82 Å². The second-order valence-electron chi connectivity index (χ2n) is 6.21. The van der Waals surface area contributed by atoms with Crippen LogP contribution in [0.3, 0.4) is 0 Å². The summed E-state index contributed by atoms with van der Waals surface area (Å²) in [5.41, 5.74) is 1.21. The van der Waals surface area contributed by atoms with Crippen molar-refractivity contribution in [2.45, 2.75) is 12.1 Å². The Morgan fingerprint density at radius 2 is 1.97 bits per heavy atom. The van der Waals surface area contributed by atoms with Gasteiger partial charge in [0.15, 0.2) is 14.8 Å². The minimum Gasteiger partial charge on any atom is -0.492 e. The fourth-order valence-corrected chi connectivity index (χ4v) is 5.03. The molecule has 0 amide bonds. The summed E-state index contributed by atoms with van der Waals surface area (Å²) in [5.74, 6) is 0.308. The normalized spacial score (nSPS) is 10.9. The minimum absolute atomic E-state index is 0.0968. The van der Waals surface area contributed by atoms with E-state index in [1.54, 1.807) is 4.57 Å². The fraction of sp³-hybridized carbons (Fsp3) is 0.143. The summed E-state index contributed by atoms with van der Waals surface area (Å²) in [5, 5.41) is 9.39. The Balaban J connectivity index is 2.03. The third kappa shape index (κ3) is 3.99. The van der Waals surface area contributed by atoms with Crippen molar-refractivity contribution in [3.05, 3.63) is 68.7 Å². The highest BCUT2D eigenvalue weighted by Gasteiger charge is 2.20. The van der Waals surface area contributed by atoms with E-state index in [-0.39, 0.29) is 11.3 Å². The van der Waals surface area contributed by atoms with Crippen LogP contribution >= 0.6 is 35.3 Å². The van der Waals surface area contributed by atoms with Gasteiger partial charge >= 0.3 is 0 Å². The number of halogens is 1. The van der Waals surface area contributed by atoms with Gasteiger partial charge in [0.05, 0.1) is 29.8 Å². The Hall–Kier alpha value is -3.00. The van der Waals surface area contributed by atoms with Crippen molar-refractivity contribution in [1.29, 1.82) is 5.26 Å². The summed E-state index contributed by atoms with van der Waals surface area (Å²) in [4.78, 5) is 18.2. The molecule has 0 aliphatic heterocycles. The average Bonchev–Trinajstić information content (AvgIpc) is 3.10. The number of thioether (sulfide) groups is 1. The molecule has 4 aromatic rings. The van der Waals surface area contributed by atoms with Gasteiger partial charge in [-0.3, -0.25) is 13.9 Å². The molecule has 156 valence electrons. The Morgan fingerprint density at radius 1 is 1.23 bits per heavy atom. The second kappa shape index (κ2) is 9.01. The zero-order valence-electron chi connectivity index (χ0n) is 16.2. The molecular formula is C21H15FN4O2S3. The van der Waals surface area contributed by atoms with Gasteiger partial charge in [0.1, 0.15) is 16.3 Å². The van der Waals surface area contributed by atoms with Gasteiger partial charge in [-0.15, -0.1) is 0 Å². The zero-order chi connectivity index (χ0) is 22.0. The molecule has 0 radical (unpaired) electrons. The lowest BCUT2D eigenvalue weighted by molar-refractivity contribution is 0.339. The van der Waals surface area contributed by atoms with E-state index in [0.717, 1.165) is 23.1 Å². The van der Waals surface area contributed by atoms with Crippen LogP contribution < -0.4 is 10.3 Å². The van der Waals surface area contributed by atoms with Crippen LogP contribution in [0.2, 0.25) is 0 Å². The zero-order valence-corrected chi connectivity index (χ0v) is 18.7. The van der Waals surface area contributed by atoms with Crippen LogP contribution in [-0.4, -0.2) is 26.5 Å². The molecule has 2 heterocycles. The van der Waals surface area contributed by atoms with E-state index in [9.17, 15) is 9.18 Å². The predicted molar refractivity (Wildman–Crippen MR) is 123 cm³/mol. The first kappa shape index (κ1) is 21.2. The van der Waals surface area contributed by atoms with Crippen molar-refractivity contribution < 1.29 is 9.13 Å². The van der Waals surface area contributed by atoms with Gasteiger partial charge < -0.3 is 4.74 Å². The van der Waals surface area contributed by atoms with Crippen molar-refractivity contribution in [3.8, 4) is 23.2 Å². The summed E-state index contributed by atoms with van der Waals surface area (Å²) >= 11 is 7.85. The molecule has 0 unspecified atom stereocenters. The second-order valence-corrected chi connectivity index (χ2v) is 8.80. The van der Waals surface area contributed by atoms with Crippen LogP contribution in [0.15, 0.2) is 58.5 Å². The maximum Gasteiger partial charge on any atom is 0.278 e. The molecule has 0 saturated heterocycles. The molecule has 2 aromatic carbocycles. The summed E-state index contributed by atoms with van der Waals surface area (Å²) in [6, 6.07) is 15.0. The van der Waals surface area contributed by atoms with E-state index in [1.165, 1.54) is 28.8 Å². The molecule has 0 N–H and O–H groups in total. The molecule has 0 aliphatic rings. The van der Waals surface area contributed by atoms with Crippen molar-refractivity contribution in [2.24, 2.45) is 0 Å². The highest BCUT2D eigenvalue weighted by Crippen LogP contribution is 2.31. The van der Waals surface area contributed by atoms with Crippen LogP contribution in [0.25, 0.3) is 21.7 Å². The van der Waals surface area contributed by atoms with Crippen molar-refractivity contribution in [3.63, 3.8) is 0 Å². The third-order valence-electron chi connectivity index (χ3n) is 4.33. The topological polar surface area (TPSA) is 72.8 Å². The quantitative estimate of drug-likeness (QED) is 0.221. The molecule has 2 aromatic heterocycles. The van der Waals surface area contributed by atoms with Crippen molar-refractivity contribution in [2.75, 3.05) is 12.4 Å². The SMILES string of the molecule is CCOc1ccccc1-n1c(=S)sc2c(=O)n(-c3ccc(F)cc3)c(SCC#N)nc21. The Labute approximate surface area is 190 Å².